The Kier molecular flexibility index (Phi) is 4.51. The molecule has 21 heavy (non-hydrogen) atoms. The number of piperidine rings is 1. The fourth-order valence-corrected chi connectivity index (χ4v) is 2.72. The number of nitrogens with one attached hydrogen (secondary N) is 1. The van der Waals surface area contributed by atoms with Crippen molar-refractivity contribution in [3.63, 3.8) is 0 Å². The zero-order valence-corrected chi connectivity index (χ0v) is 12.0. The van der Waals surface area contributed by atoms with Crippen molar-refractivity contribution in [1.82, 2.24) is 5.32 Å². The second kappa shape index (κ2) is 6.72. The molecule has 2 aromatic carbocycles. The van der Waals surface area contributed by atoms with Gasteiger partial charge in [0, 0.05) is 6.54 Å². The summed E-state index contributed by atoms with van der Waals surface area (Å²) in [6.07, 6.45) is 2.50. The van der Waals surface area contributed by atoms with Crippen molar-refractivity contribution in [3.05, 3.63) is 65.5 Å². The Morgan fingerprint density at radius 2 is 1.81 bits per heavy atom. The van der Waals surface area contributed by atoms with Crippen LogP contribution in [0, 0.1) is 5.82 Å². The van der Waals surface area contributed by atoms with E-state index in [0.29, 0.717) is 12.5 Å². The van der Waals surface area contributed by atoms with Gasteiger partial charge in [-0.2, -0.15) is 0 Å². The number of hydrogen-bond donors (Lipinski definition) is 1. The van der Waals surface area contributed by atoms with E-state index in [9.17, 15) is 4.39 Å². The molecular formula is C18H20FNO. The Morgan fingerprint density at radius 1 is 1.05 bits per heavy atom. The minimum absolute atomic E-state index is 0.218. The average molecular weight is 285 g/mol. The van der Waals surface area contributed by atoms with Crippen LogP contribution in [-0.4, -0.2) is 13.1 Å². The molecule has 0 aromatic heterocycles. The smallest absolute Gasteiger partial charge is 0.123 e. The minimum atomic E-state index is -0.218. The van der Waals surface area contributed by atoms with E-state index in [1.807, 2.05) is 12.1 Å². The highest BCUT2D eigenvalue weighted by atomic mass is 19.1. The van der Waals surface area contributed by atoms with Gasteiger partial charge in [-0.3, -0.25) is 0 Å². The van der Waals surface area contributed by atoms with Crippen LogP contribution in [0.5, 0.6) is 5.75 Å². The van der Waals surface area contributed by atoms with Gasteiger partial charge in [0.1, 0.15) is 18.2 Å². The largest absolute Gasteiger partial charge is 0.489 e. The van der Waals surface area contributed by atoms with Gasteiger partial charge >= 0.3 is 0 Å². The predicted octanol–water partition coefficient (Wildman–Crippen LogP) is 3.87. The van der Waals surface area contributed by atoms with Gasteiger partial charge in [-0.05, 0) is 60.7 Å². The number of ether oxygens (including phenoxy) is 1. The Hall–Kier alpha value is -1.87. The van der Waals surface area contributed by atoms with Crippen molar-refractivity contribution in [3.8, 4) is 5.75 Å². The van der Waals surface area contributed by atoms with Crippen LogP contribution in [0.2, 0.25) is 0 Å². The molecule has 0 aliphatic carbocycles. The molecule has 1 aliphatic heterocycles. The summed E-state index contributed by atoms with van der Waals surface area (Å²) in [4.78, 5) is 0. The third-order valence-electron chi connectivity index (χ3n) is 3.97. The maximum atomic E-state index is 12.8. The van der Waals surface area contributed by atoms with Crippen molar-refractivity contribution in [1.29, 1.82) is 0 Å². The zero-order valence-electron chi connectivity index (χ0n) is 12.0. The maximum Gasteiger partial charge on any atom is 0.123 e. The molecule has 2 nitrogen and oxygen atoms in total. The van der Waals surface area contributed by atoms with Gasteiger partial charge in [-0.1, -0.05) is 24.3 Å². The molecule has 1 aliphatic rings. The van der Waals surface area contributed by atoms with E-state index in [2.05, 4.69) is 17.4 Å². The van der Waals surface area contributed by atoms with Gasteiger partial charge in [0.25, 0.3) is 0 Å². The number of rotatable bonds is 4. The minimum Gasteiger partial charge on any atom is -0.489 e. The molecule has 110 valence electrons. The summed E-state index contributed by atoms with van der Waals surface area (Å²) in [5, 5.41) is 3.44. The lowest BCUT2D eigenvalue weighted by molar-refractivity contribution is 0.306. The van der Waals surface area contributed by atoms with Gasteiger partial charge in [-0.15, -0.1) is 0 Å². The van der Waals surface area contributed by atoms with E-state index in [1.54, 1.807) is 12.1 Å². The van der Waals surface area contributed by atoms with E-state index in [4.69, 9.17) is 4.74 Å². The second-order valence-electron chi connectivity index (χ2n) is 5.53. The van der Waals surface area contributed by atoms with Crippen LogP contribution in [0.25, 0.3) is 0 Å². The lowest BCUT2D eigenvalue weighted by atomic mass is 9.92. The molecule has 1 saturated heterocycles. The Morgan fingerprint density at radius 3 is 2.48 bits per heavy atom. The van der Waals surface area contributed by atoms with Gasteiger partial charge in [0.2, 0.25) is 0 Å². The van der Waals surface area contributed by atoms with Crippen molar-refractivity contribution in [2.24, 2.45) is 0 Å². The summed E-state index contributed by atoms with van der Waals surface area (Å²) in [5.74, 6) is 1.25. The summed E-state index contributed by atoms with van der Waals surface area (Å²) >= 11 is 0. The molecule has 0 saturated carbocycles. The lowest BCUT2D eigenvalue weighted by Gasteiger charge is -2.23. The molecule has 0 spiro atoms. The Balaban J connectivity index is 1.57. The van der Waals surface area contributed by atoms with Gasteiger partial charge in [0.15, 0.2) is 0 Å². The molecule has 3 heteroatoms. The first kappa shape index (κ1) is 14.1. The third-order valence-corrected chi connectivity index (χ3v) is 3.97. The standard InChI is InChI=1S/C18H20FNO/c19-17-7-3-14(4-8-17)13-21-18-9-5-15(6-10-18)16-2-1-11-20-12-16/h3-10,16,20H,1-2,11-13H2. The number of halogens is 1. The SMILES string of the molecule is Fc1ccc(COc2ccc(C3CCCNC3)cc2)cc1. The lowest BCUT2D eigenvalue weighted by Crippen LogP contribution is -2.28. The summed E-state index contributed by atoms with van der Waals surface area (Å²) in [6, 6.07) is 14.8. The summed E-state index contributed by atoms with van der Waals surface area (Å²) in [7, 11) is 0. The van der Waals surface area contributed by atoms with E-state index >= 15 is 0 Å². The average Bonchev–Trinajstić information content (AvgIpc) is 2.56. The second-order valence-corrected chi connectivity index (χ2v) is 5.53. The number of hydrogen-bond acceptors (Lipinski definition) is 2. The molecule has 1 unspecified atom stereocenters. The first-order valence-corrected chi connectivity index (χ1v) is 7.49. The zero-order chi connectivity index (χ0) is 14.5. The van der Waals surface area contributed by atoms with E-state index in [0.717, 1.165) is 24.4 Å². The van der Waals surface area contributed by atoms with Crippen molar-refractivity contribution < 1.29 is 9.13 Å². The van der Waals surface area contributed by atoms with Crippen LogP contribution >= 0.6 is 0 Å². The molecule has 2 aromatic rings. The van der Waals surface area contributed by atoms with Crippen molar-refractivity contribution >= 4 is 0 Å². The van der Waals surface area contributed by atoms with Crippen LogP contribution in [0.1, 0.15) is 29.9 Å². The molecule has 1 N–H and O–H groups in total. The van der Waals surface area contributed by atoms with E-state index < -0.39 is 0 Å². The molecule has 1 fully saturated rings. The summed E-state index contributed by atoms with van der Waals surface area (Å²) < 4.78 is 18.6. The Bertz CT molecular complexity index is 559. The highest BCUT2D eigenvalue weighted by Crippen LogP contribution is 2.25. The molecule has 3 rings (SSSR count). The van der Waals surface area contributed by atoms with E-state index in [-0.39, 0.29) is 5.82 Å². The maximum absolute atomic E-state index is 12.8. The first-order chi connectivity index (χ1) is 10.3. The quantitative estimate of drug-likeness (QED) is 0.920. The molecule has 1 heterocycles. The van der Waals surface area contributed by atoms with Crippen LogP contribution in [-0.2, 0) is 6.61 Å². The normalized spacial score (nSPS) is 18.4. The Labute approximate surface area is 125 Å². The van der Waals surface area contributed by atoms with E-state index in [1.165, 1.54) is 30.5 Å². The summed E-state index contributed by atoms with van der Waals surface area (Å²) in [6.45, 7) is 2.66. The van der Waals surface area contributed by atoms with Crippen LogP contribution < -0.4 is 10.1 Å². The fourth-order valence-electron chi connectivity index (χ4n) is 2.72. The molecule has 1 atom stereocenters. The molecular weight excluding hydrogens is 265 g/mol. The third kappa shape index (κ3) is 3.82. The van der Waals surface area contributed by atoms with Gasteiger partial charge in [-0.25, -0.2) is 4.39 Å². The summed E-state index contributed by atoms with van der Waals surface area (Å²) in [5.41, 5.74) is 2.34. The van der Waals surface area contributed by atoms with Crippen LogP contribution in [0.15, 0.2) is 48.5 Å². The molecule has 0 radical (unpaired) electrons. The van der Waals surface area contributed by atoms with Crippen LogP contribution in [0.4, 0.5) is 4.39 Å². The van der Waals surface area contributed by atoms with Crippen molar-refractivity contribution in [2.45, 2.75) is 25.4 Å². The van der Waals surface area contributed by atoms with Crippen molar-refractivity contribution in [2.75, 3.05) is 13.1 Å². The highest BCUT2D eigenvalue weighted by molar-refractivity contribution is 5.30. The molecule has 0 amide bonds. The van der Waals surface area contributed by atoms with Gasteiger partial charge < -0.3 is 10.1 Å². The van der Waals surface area contributed by atoms with Crippen LogP contribution in [0.3, 0.4) is 0 Å². The monoisotopic (exact) mass is 285 g/mol. The van der Waals surface area contributed by atoms with Gasteiger partial charge in [0.05, 0.1) is 0 Å². The topological polar surface area (TPSA) is 21.3 Å². The fraction of sp³-hybridized carbons (Fsp3) is 0.333. The first-order valence-electron chi connectivity index (χ1n) is 7.49. The highest BCUT2D eigenvalue weighted by Gasteiger charge is 2.14. The number of benzene rings is 2. The predicted molar refractivity (Wildman–Crippen MR) is 82.0 cm³/mol. The molecule has 0 bridgehead atoms.